The largest absolute Gasteiger partial charge is 0.269 e. The highest BCUT2D eigenvalue weighted by Crippen LogP contribution is 2.23. The number of nitro benzene ring substituents is 1. The van der Waals surface area contributed by atoms with E-state index < -0.39 is 4.92 Å². The molecule has 1 aromatic heterocycles. The molecule has 0 aliphatic heterocycles. The van der Waals surface area contributed by atoms with E-state index in [1.54, 1.807) is 28.9 Å². The number of nitro groups is 1. The van der Waals surface area contributed by atoms with Crippen molar-refractivity contribution < 1.29 is 4.92 Å². The molecule has 29 heavy (non-hydrogen) atoms. The first-order valence-electron chi connectivity index (χ1n) is 8.94. The van der Waals surface area contributed by atoms with E-state index >= 15 is 0 Å². The van der Waals surface area contributed by atoms with Crippen LogP contribution in [-0.4, -0.2) is 21.4 Å². The molecule has 146 valence electrons. The number of hydrogen-bond acceptors (Lipinski definition) is 6. The van der Waals surface area contributed by atoms with Crippen molar-refractivity contribution in [2.45, 2.75) is 26.8 Å². The van der Waals surface area contributed by atoms with Gasteiger partial charge in [0.25, 0.3) is 5.69 Å². The smallest absolute Gasteiger partial charge is 0.258 e. The molecule has 0 aliphatic rings. The summed E-state index contributed by atoms with van der Waals surface area (Å²) in [5.41, 5.74) is 3.91. The number of nitriles is 1. The second kappa shape index (κ2) is 8.63. The summed E-state index contributed by atoms with van der Waals surface area (Å²) in [6, 6.07) is 15.8. The van der Waals surface area contributed by atoms with Gasteiger partial charge in [0, 0.05) is 29.1 Å². The zero-order valence-electron chi connectivity index (χ0n) is 16.2. The number of benzene rings is 2. The fourth-order valence-corrected chi connectivity index (χ4v) is 3.62. The molecular formula is C21H19N5O2S. The molecule has 0 saturated carbocycles. The molecule has 1 heterocycles. The summed E-state index contributed by atoms with van der Waals surface area (Å²) < 4.78 is 1.76. The fourth-order valence-electron chi connectivity index (χ4n) is 2.65. The van der Waals surface area contributed by atoms with E-state index in [0.29, 0.717) is 5.56 Å². The Morgan fingerprint density at radius 1 is 1.17 bits per heavy atom. The molecule has 2 aromatic carbocycles. The fraction of sp³-hybridized carbons (Fsp3) is 0.190. The molecule has 0 bridgehead atoms. The van der Waals surface area contributed by atoms with E-state index in [0.717, 1.165) is 27.3 Å². The number of non-ortho nitro benzene ring substituents is 1. The van der Waals surface area contributed by atoms with Crippen molar-refractivity contribution in [2.75, 3.05) is 0 Å². The van der Waals surface area contributed by atoms with E-state index in [1.165, 1.54) is 23.5 Å². The van der Waals surface area contributed by atoms with Gasteiger partial charge in [-0.15, -0.1) is 11.3 Å². The molecule has 3 aromatic rings. The summed E-state index contributed by atoms with van der Waals surface area (Å²) in [5, 5.41) is 26.6. The average molecular weight is 405 g/mol. The predicted molar refractivity (Wildman–Crippen MR) is 114 cm³/mol. The van der Waals surface area contributed by atoms with Crippen LogP contribution in [0, 0.1) is 21.4 Å². The van der Waals surface area contributed by atoms with E-state index in [2.05, 4.69) is 11.1 Å². The predicted octanol–water partition coefficient (Wildman–Crippen LogP) is 4.58. The van der Waals surface area contributed by atoms with Crippen molar-refractivity contribution >= 4 is 22.7 Å². The van der Waals surface area contributed by atoms with E-state index in [4.69, 9.17) is 10.4 Å². The lowest BCUT2D eigenvalue weighted by Gasteiger charge is -2.07. The minimum atomic E-state index is -0.418. The van der Waals surface area contributed by atoms with E-state index in [9.17, 15) is 10.1 Å². The van der Waals surface area contributed by atoms with Crippen molar-refractivity contribution in [3.8, 4) is 17.3 Å². The van der Waals surface area contributed by atoms with E-state index in [1.807, 2.05) is 38.3 Å². The molecule has 0 atom stereocenters. The Hall–Kier alpha value is -3.57. The lowest BCUT2D eigenvalue weighted by molar-refractivity contribution is -0.384. The third-order valence-corrected chi connectivity index (χ3v) is 4.94. The van der Waals surface area contributed by atoms with Gasteiger partial charge >= 0.3 is 0 Å². The van der Waals surface area contributed by atoms with Crippen molar-refractivity contribution in [1.29, 1.82) is 5.26 Å². The van der Waals surface area contributed by atoms with Crippen LogP contribution in [0.25, 0.3) is 11.3 Å². The van der Waals surface area contributed by atoms with Crippen LogP contribution in [0.15, 0.2) is 64.0 Å². The second-order valence-electron chi connectivity index (χ2n) is 6.62. The van der Waals surface area contributed by atoms with Gasteiger partial charge in [-0.3, -0.25) is 15.1 Å². The third-order valence-electron chi connectivity index (χ3n) is 4.11. The summed E-state index contributed by atoms with van der Waals surface area (Å²) in [6.45, 7) is 5.88. The second-order valence-corrected chi connectivity index (χ2v) is 7.45. The number of hydrogen-bond donors (Lipinski definition) is 0. The third kappa shape index (κ3) is 4.65. The zero-order chi connectivity index (χ0) is 21.0. The van der Waals surface area contributed by atoms with Gasteiger partial charge in [0.15, 0.2) is 0 Å². The molecule has 0 unspecified atom stereocenters. The SMILES string of the molecule is CC(=Nn1c(-c2ccc([N+](=O)[O-])cc2)csc1=NC(C)C)c1ccc(C#N)cc1. The van der Waals surface area contributed by atoms with Crippen molar-refractivity contribution in [3.05, 3.63) is 80.0 Å². The molecule has 0 N–H and O–H groups in total. The lowest BCUT2D eigenvalue weighted by Crippen LogP contribution is -2.16. The maximum Gasteiger partial charge on any atom is 0.269 e. The normalized spacial score (nSPS) is 12.2. The van der Waals surface area contributed by atoms with Crippen LogP contribution < -0.4 is 4.80 Å². The monoisotopic (exact) mass is 405 g/mol. The topological polar surface area (TPSA) is 96.6 Å². The van der Waals surface area contributed by atoms with Gasteiger partial charge in [-0.2, -0.15) is 10.4 Å². The van der Waals surface area contributed by atoms with Gasteiger partial charge in [-0.1, -0.05) is 12.1 Å². The molecule has 0 spiro atoms. The summed E-state index contributed by atoms with van der Waals surface area (Å²) in [6.07, 6.45) is 0. The molecule has 0 radical (unpaired) electrons. The van der Waals surface area contributed by atoms with Gasteiger partial charge in [0.05, 0.1) is 28.0 Å². The van der Waals surface area contributed by atoms with Crippen LogP contribution in [0.5, 0.6) is 0 Å². The van der Waals surface area contributed by atoms with Crippen LogP contribution in [0.3, 0.4) is 0 Å². The Labute approximate surface area is 172 Å². The summed E-state index contributed by atoms with van der Waals surface area (Å²) in [4.78, 5) is 15.9. The summed E-state index contributed by atoms with van der Waals surface area (Å²) >= 11 is 1.47. The van der Waals surface area contributed by atoms with Crippen LogP contribution in [-0.2, 0) is 0 Å². The maximum absolute atomic E-state index is 10.9. The number of nitrogens with zero attached hydrogens (tertiary/aromatic N) is 5. The first-order chi connectivity index (χ1) is 13.9. The van der Waals surface area contributed by atoms with Gasteiger partial charge in [-0.25, -0.2) is 4.68 Å². The first kappa shape index (κ1) is 20.2. The van der Waals surface area contributed by atoms with Crippen LogP contribution in [0.1, 0.15) is 31.9 Å². The molecule has 0 saturated heterocycles. The molecule has 3 rings (SSSR count). The van der Waals surface area contributed by atoms with Gasteiger partial charge in [0.2, 0.25) is 4.80 Å². The summed E-state index contributed by atoms with van der Waals surface area (Å²) in [7, 11) is 0. The molecular weight excluding hydrogens is 386 g/mol. The number of rotatable bonds is 5. The van der Waals surface area contributed by atoms with Crippen LogP contribution >= 0.6 is 11.3 Å². The van der Waals surface area contributed by atoms with Crippen molar-refractivity contribution in [3.63, 3.8) is 0 Å². The van der Waals surface area contributed by atoms with Gasteiger partial charge in [0.1, 0.15) is 0 Å². The Morgan fingerprint density at radius 3 is 2.38 bits per heavy atom. The minimum Gasteiger partial charge on any atom is -0.258 e. The Morgan fingerprint density at radius 2 is 1.83 bits per heavy atom. The molecule has 0 aliphatic carbocycles. The van der Waals surface area contributed by atoms with Crippen LogP contribution in [0.2, 0.25) is 0 Å². The highest BCUT2D eigenvalue weighted by Gasteiger charge is 2.11. The first-order valence-corrected chi connectivity index (χ1v) is 9.82. The molecule has 0 fully saturated rings. The van der Waals surface area contributed by atoms with Crippen molar-refractivity contribution in [1.82, 2.24) is 4.68 Å². The zero-order valence-corrected chi connectivity index (χ0v) is 17.1. The minimum absolute atomic E-state index is 0.0416. The van der Waals surface area contributed by atoms with Gasteiger partial charge in [-0.05, 0) is 50.6 Å². The average Bonchev–Trinajstić information content (AvgIpc) is 3.09. The van der Waals surface area contributed by atoms with Crippen LogP contribution in [0.4, 0.5) is 5.69 Å². The molecule has 8 heteroatoms. The van der Waals surface area contributed by atoms with E-state index in [-0.39, 0.29) is 11.7 Å². The molecule has 0 amide bonds. The highest BCUT2D eigenvalue weighted by atomic mass is 32.1. The Kier molecular flexibility index (Phi) is 6.00. The Balaban J connectivity index is 2.11. The quantitative estimate of drug-likeness (QED) is 0.353. The molecule has 7 nitrogen and oxygen atoms in total. The van der Waals surface area contributed by atoms with Crippen molar-refractivity contribution in [2.24, 2.45) is 10.1 Å². The number of aromatic nitrogens is 1. The highest BCUT2D eigenvalue weighted by molar-refractivity contribution is 7.07. The Bertz CT molecular complexity index is 1160. The number of thiazole rings is 1. The maximum atomic E-state index is 10.9. The van der Waals surface area contributed by atoms with Gasteiger partial charge < -0.3 is 0 Å². The lowest BCUT2D eigenvalue weighted by atomic mass is 10.1. The summed E-state index contributed by atoms with van der Waals surface area (Å²) in [5.74, 6) is 0. The standard InChI is InChI=1S/C21H19N5O2S/c1-14(2)23-21-25(24-15(3)17-6-4-16(12-22)5-7-17)20(13-29-21)18-8-10-19(11-9-18)26(27)28/h4-11,13-14H,1-3H3.